The van der Waals surface area contributed by atoms with Gasteiger partial charge in [-0.1, -0.05) is 177 Å². The van der Waals surface area contributed by atoms with Crippen molar-refractivity contribution < 1.29 is 0 Å². The molecular formula is C58H44N4S. The maximum atomic E-state index is 5.54. The van der Waals surface area contributed by atoms with E-state index in [0.29, 0.717) is 5.92 Å². The molecule has 0 spiro atoms. The Morgan fingerprint density at radius 1 is 0.524 bits per heavy atom. The van der Waals surface area contributed by atoms with Crippen molar-refractivity contribution in [2.45, 2.75) is 36.2 Å². The van der Waals surface area contributed by atoms with Crippen molar-refractivity contribution in [2.24, 2.45) is 10.9 Å². The fraction of sp³-hybridized carbons (Fsp3) is 0.0862. The lowest BCUT2D eigenvalue weighted by atomic mass is 9.93. The summed E-state index contributed by atoms with van der Waals surface area (Å²) in [5, 5.41) is 7.64. The van der Waals surface area contributed by atoms with Crippen LogP contribution in [0.25, 0.3) is 82.3 Å². The van der Waals surface area contributed by atoms with Crippen molar-refractivity contribution in [1.29, 1.82) is 0 Å². The number of benzene rings is 9. The van der Waals surface area contributed by atoms with Crippen molar-refractivity contribution in [2.75, 3.05) is 5.43 Å². The number of nitrogens with zero attached hydrogens (tertiary/aromatic N) is 3. The number of hydrogen-bond acceptors (Lipinski definition) is 3. The molecular weight excluding hydrogens is 785 g/mol. The Morgan fingerprint density at radius 3 is 1.97 bits per heavy atom. The first-order valence-electron chi connectivity index (χ1n) is 22.0. The average molecular weight is 829 g/mol. The summed E-state index contributed by atoms with van der Waals surface area (Å²) in [6, 6.07) is 72.8. The molecule has 4 nitrogen and oxygen atoms in total. The third-order valence-electron chi connectivity index (χ3n) is 13.1. The highest BCUT2D eigenvalue weighted by molar-refractivity contribution is 7.99. The minimum Gasteiger partial charge on any atom is -0.309 e. The van der Waals surface area contributed by atoms with Gasteiger partial charge >= 0.3 is 0 Å². The molecule has 2 unspecified atom stereocenters. The summed E-state index contributed by atoms with van der Waals surface area (Å²) in [6.07, 6.45) is 0.690. The Hall–Kier alpha value is -7.34. The van der Waals surface area contributed by atoms with Gasteiger partial charge in [-0.15, -0.1) is 0 Å². The number of hydrogen-bond donors (Lipinski definition) is 1. The first-order valence-corrected chi connectivity index (χ1v) is 22.8. The zero-order valence-corrected chi connectivity index (χ0v) is 36.0. The molecule has 0 amide bonds. The van der Waals surface area contributed by atoms with E-state index < -0.39 is 0 Å². The molecule has 0 saturated carbocycles. The summed E-state index contributed by atoms with van der Waals surface area (Å²) in [7, 11) is 0. The van der Waals surface area contributed by atoms with Gasteiger partial charge in [0.1, 0.15) is 0 Å². The van der Waals surface area contributed by atoms with Crippen LogP contribution in [-0.2, 0) is 0 Å². The number of para-hydroxylation sites is 3. The minimum absolute atomic E-state index is 0.291. The van der Waals surface area contributed by atoms with Crippen LogP contribution in [0.1, 0.15) is 37.6 Å². The molecule has 1 aliphatic rings. The van der Waals surface area contributed by atoms with Crippen LogP contribution in [0.15, 0.2) is 215 Å². The Kier molecular flexibility index (Phi) is 9.05. The normalized spacial score (nSPS) is 13.5. The zero-order chi connectivity index (χ0) is 42.0. The van der Waals surface area contributed by atoms with Gasteiger partial charge in [-0.25, -0.2) is 0 Å². The molecule has 1 aliphatic heterocycles. The van der Waals surface area contributed by atoms with E-state index in [1.807, 2.05) is 11.8 Å². The van der Waals surface area contributed by atoms with Crippen molar-refractivity contribution in [3.63, 3.8) is 0 Å². The first-order chi connectivity index (χ1) is 31.1. The lowest BCUT2D eigenvalue weighted by Gasteiger charge is -2.23. The van der Waals surface area contributed by atoms with Crippen LogP contribution in [0.3, 0.4) is 0 Å². The number of aromatic nitrogens is 2. The maximum absolute atomic E-state index is 5.54. The summed E-state index contributed by atoms with van der Waals surface area (Å²) in [4.78, 5) is 8.11. The summed E-state index contributed by atoms with van der Waals surface area (Å²) in [5.41, 5.74) is 18.2. The second-order valence-corrected chi connectivity index (χ2v) is 17.8. The highest BCUT2D eigenvalue weighted by Gasteiger charge is 2.25. The zero-order valence-electron chi connectivity index (χ0n) is 35.2. The largest absolute Gasteiger partial charge is 0.309 e. The maximum Gasteiger partial charge on any atom is 0.158 e. The van der Waals surface area contributed by atoms with Crippen LogP contribution in [0.4, 0.5) is 0 Å². The van der Waals surface area contributed by atoms with Gasteiger partial charge in [0.25, 0.3) is 0 Å². The molecule has 0 radical (unpaired) electrons. The van der Waals surface area contributed by atoms with Gasteiger partial charge in [0.05, 0.1) is 22.1 Å². The quantitative estimate of drug-likeness (QED) is 0.147. The molecule has 0 fully saturated rings. The van der Waals surface area contributed by atoms with Gasteiger partial charge < -0.3 is 4.57 Å². The Balaban J connectivity index is 0.969. The molecule has 12 rings (SSSR count). The molecule has 0 bridgehead atoms. The molecule has 2 atom stereocenters. The highest BCUT2D eigenvalue weighted by Crippen LogP contribution is 2.52. The Morgan fingerprint density at radius 2 is 1.17 bits per heavy atom. The molecule has 1 N–H and O–H groups in total. The molecule has 0 aliphatic carbocycles. The molecule has 5 heteroatoms. The molecule has 2 aromatic heterocycles. The molecule has 63 heavy (non-hydrogen) atoms. The van der Waals surface area contributed by atoms with Gasteiger partial charge in [0.2, 0.25) is 0 Å². The SMILES string of the molecule is CCC(C)/C(=N\C(Nn1c2ccccc2c2cc(-c3ccc4c(c3)Sc3cc5c(c6cccc-4c36)c3ccccc3n5-c3ccccc3)ccc21)c1ccccc1)c1ccccc1. The monoisotopic (exact) mass is 828 g/mol. The summed E-state index contributed by atoms with van der Waals surface area (Å²) in [6.45, 7) is 4.52. The predicted molar refractivity (Wildman–Crippen MR) is 267 cm³/mol. The number of rotatable bonds is 9. The lowest BCUT2D eigenvalue weighted by molar-refractivity contribution is 0.692. The van der Waals surface area contributed by atoms with Crippen molar-refractivity contribution in [3.8, 4) is 27.9 Å². The Bertz CT molecular complexity index is 3570. The van der Waals surface area contributed by atoms with Crippen LogP contribution in [0.2, 0.25) is 0 Å². The molecule has 3 heterocycles. The van der Waals surface area contributed by atoms with E-state index in [-0.39, 0.29) is 6.17 Å². The number of aliphatic imine (C=N–C) groups is 1. The van der Waals surface area contributed by atoms with Crippen molar-refractivity contribution >= 4 is 71.9 Å². The summed E-state index contributed by atoms with van der Waals surface area (Å²) < 4.78 is 4.69. The van der Waals surface area contributed by atoms with E-state index in [1.54, 1.807) is 0 Å². The third kappa shape index (κ3) is 6.18. The summed E-state index contributed by atoms with van der Waals surface area (Å²) >= 11 is 1.89. The van der Waals surface area contributed by atoms with Gasteiger partial charge in [-0.05, 0) is 99.6 Å². The predicted octanol–water partition coefficient (Wildman–Crippen LogP) is 15.6. The molecule has 302 valence electrons. The number of nitrogens with one attached hydrogen (secondary N) is 1. The van der Waals surface area contributed by atoms with Gasteiger partial charge in [0.15, 0.2) is 6.17 Å². The van der Waals surface area contributed by atoms with Crippen LogP contribution in [-0.4, -0.2) is 15.0 Å². The van der Waals surface area contributed by atoms with E-state index >= 15 is 0 Å². The van der Waals surface area contributed by atoms with Crippen molar-refractivity contribution in [1.82, 2.24) is 9.24 Å². The number of fused-ring (bicyclic) bond motifs is 9. The van der Waals surface area contributed by atoms with E-state index in [1.165, 1.54) is 81.1 Å². The second-order valence-electron chi connectivity index (χ2n) is 16.7. The second kappa shape index (κ2) is 15.2. The van der Waals surface area contributed by atoms with Gasteiger partial charge in [-0.2, -0.15) is 0 Å². The van der Waals surface area contributed by atoms with E-state index in [9.17, 15) is 0 Å². The van der Waals surface area contributed by atoms with Crippen molar-refractivity contribution in [3.05, 3.63) is 211 Å². The fourth-order valence-electron chi connectivity index (χ4n) is 9.84. The molecule has 11 aromatic rings. The van der Waals surface area contributed by atoms with E-state index in [4.69, 9.17) is 4.99 Å². The minimum atomic E-state index is -0.311. The Labute approximate surface area is 371 Å². The van der Waals surface area contributed by atoms with Gasteiger partial charge in [-0.3, -0.25) is 15.1 Å². The first kappa shape index (κ1) is 37.4. The lowest BCUT2D eigenvalue weighted by Crippen LogP contribution is -2.23. The fourth-order valence-corrected chi connectivity index (χ4v) is 11.0. The topological polar surface area (TPSA) is 34.2 Å². The standard InChI is InChI=1S/C58H44N4S/c1-3-37(2)57(38-18-7-4-8-19-38)59-58(39-20-9-5-10-21-39)60-62-50-29-16-13-24-43(50)48-34-40(31-33-51(48)62)41-30-32-44-45-26-17-27-47-55-46-25-14-15-28-49(46)61(42-22-11-6-12-23-42)52(55)36-54(56(45)47)63-53(44)35-41/h4-37,58,60H,3H2,1-2H3/b59-57+. The van der Waals surface area contributed by atoms with Crippen LogP contribution in [0.5, 0.6) is 0 Å². The smallest absolute Gasteiger partial charge is 0.158 e. The van der Waals surface area contributed by atoms with Crippen LogP contribution >= 0.6 is 11.8 Å². The van der Waals surface area contributed by atoms with E-state index in [2.05, 4.69) is 229 Å². The average Bonchev–Trinajstić information content (AvgIpc) is 3.85. The summed E-state index contributed by atoms with van der Waals surface area (Å²) in [5.74, 6) is 0.291. The van der Waals surface area contributed by atoms with Gasteiger partial charge in [0, 0.05) is 48.1 Å². The van der Waals surface area contributed by atoms with Crippen LogP contribution in [0, 0.1) is 5.92 Å². The van der Waals surface area contributed by atoms with E-state index in [0.717, 1.165) is 34.3 Å². The highest BCUT2D eigenvalue weighted by atomic mass is 32.2. The third-order valence-corrected chi connectivity index (χ3v) is 14.2. The molecule has 9 aromatic carbocycles. The molecule has 0 saturated heterocycles. The van der Waals surface area contributed by atoms with Crippen LogP contribution < -0.4 is 5.43 Å².